The number of nitrogens with one attached hydrogen (secondary N) is 1. The highest BCUT2D eigenvalue weighted by Crippen LogP contribution is 2.28. The molecule has 0 aliphatic carbocycles. The Labute approximate surface area is 166 Å². The zero-order valence-electron chi connectivity index (χ0n) is 14.9. The third kappa shape index (κ3) is 2.79. The van der Waals surface area contributed by atoms with E-state index in [-0.39, 0.29) is 5.56 Å². The van der Waals surface area contributed by atoms with Crippen LogP contribution in [0, 0.1) is 23.0 Å². The molecule has 0 fully saturated rings. The molecule has 0 aliphatic heterocycles. The van der Waals surface area contributed by atoms with E-state index in [9.17, 15) is 15.2 Å². The predicted octanol–water partition coefficient (Wildman–Crippen LogP) is 5.23. The summed E-state index contributed by atoms with van der Waals surface area (Å²) in [6.07, 6.45) is 0. The summed E-state index contributed by atoms with van der Waals surface area (Å²) in [5.74, 6) is -1.01. The van der Waals surface area contributed by atoms with Gasteiger partial charge in [-0.3, -0.25) is 4.57 Å². The SMILES string of the molecule is Cc1ccc(C(=O)O)c2c1[nH]c(=S)n2-c1ccc(-c2ccccc2C#N)cc1. The molecule has 0 saturated heterocycles. The Balaban J connectivity index is 1.91. The minimum Gasteiger partial charge on any atom is -0.478 e. The molecule has 0 radical (unpaired) electrons. The van der Waals surface area contributed by atoms with Crippen LogP contribution < -0.4 is 0 Å². The molecule has 136 valence electrons. The topological polar surface area (TPSA) is 81.8 Å². The lowest BCUT2D eigenvalue weighted by Crippen LogP contribution is -2.03. The van der Waals surface area contributed by atoms with Crippen LogP contribution in [0.4, 0.5) is 0 Å². The van der Waals surface area contributed by atoms with Gasteiger partial charge in [0.1, 0.15) is 0 Å². The van der Waals surface area contributed by atoms with Crippen LogP contribution in [0.3, 0.4) is 0 Å². The molecule has 28 heavy (non-hydrogen) atoms. The number of rotatable bonds is 3. The minimum atomic E-state index is -1.01. The highest BCUT2D eigenvalue weighted by atomic mass is 32.1. The van der Waals surface area contributed by atoms with Crippen LogP contribution >= 0.6 is 12.2 Å². The fourth-order valence-electron chi connectivity index (χ4n) is 3.39. The lowest BCUT2D eigenvalue weighted by atomic mass is 10.0. The van der Waals surface area contributed by atoms with Crippen LogP contribution in [0.5, 0.6) is 0 Å². The Hall–Kier alpha value is -3.69. The molecule has 0 unspecified atom stereocenters. The summed E-state index contributed by atoms with van der Waals surface area (Å²) in [6, 6.07) is 20.5. The van der Waals surface area contributed by atoms with Crippen molar-refractivity contribution in [3.63, 3.8) is 0 Å². The summed E-state index contributed by atoms with van der Waals surface area (Å²) in [4.78, 5) is 14.9. The Morgan fingerprint density at radius 1 is 1.11 bits per heavy atom. The maximum atomic E-state index is 11.7. The van der Waals surface area contributed by atoms with Crippen molar-refractivity contribution in [1.29, 1.82) is 5.26 Å². The van der Waals surface area contributed by atoms with E-state index < -0.39 is 5.97 Å². The normalized spacial score (nSPS) is 10.7. The molecule has 2 N–H and O–H groups in total. The number of aromatic amines is 1. The number of nitrogens with zero attached hydrogens (tertiary/aromatic N) is 2. The molecule has 5 nitrogen and oxygen atoms in total. The number of fused-ring (bicyclic) bond motifs is 1. The zero-order chi connectivity index (χ0) is 19.8. The lowest BCUT2D eigenvalue weighted by molar-refractivity contribution is 0.0698. The van der Waals surface area contributed by atoms with Gasteiger partial charge < -0.3 is 10.1 Å². The number of aromatic carboxylic acids is 1. The number of carbonyl (C=O) groups is 1. The Bertz CT molecular complexity index is 1320. The van der Waals surface area contributed by atoms with Gasteiger partial charge in [-0.05, 0) is 60.1 Å². The average molecular weight is 385 g/mol. The van der Waals surface area contributed by atoms with Crippen LogP contribution in [0.25, 0.3) is 27.8 Å². The molecule has 1 heterocycles. The first-order valence-corrected chi connectivity index (χ1v) is 8.99. The number of hydrogen-bond acceptors (Lipinski definition) is 3. The van der Waals surface area contributed by atoms with Crippen molar-refractivity contribution in [1.82, 2.24) is 9.55 Å². The van der Waals surface area contributed by atoms with E-state index in [2.05, 4.69) is 11.1 Å². The van der Waals surface area contributed by atoms with Gasteiger partial charge in [0.2, 0.25) is 0 Å². The van der Waals surface area contributed by atoms with Crippen molar-refractivity contribution in [2.24, 2.45) is 0 Å². The lowest BCUT2D eigenvalue weighted by Gasteiger charge is -2.10. The molecule has 1 aromatic heterocycles. The molecule has 0 atom stereocenters. The summed E-state index contributed by atoms with van der Waals surface area (Å²) < 4.78 is 2.16. The molecule has 0 aliphatic rings. The molecule has 0 amide bonds. The number of imidazole rings is 1. The standard InChI is InChI=1S/C22H15N3O2S/c1-13-6-11-18(21(26)27)20-19(13)24-22(28)25(20)16-9-7-14(8-10-16)17-5-3-2-4-15(17)12-23/h2-11H,1H3,(H,24,28)(H,26,27). The average Bonchev–Trinajstić information content (AvgIpc) is 3.06. The van der Waals surface area contributed by atoms with E-state index in [1.165, 1.54) is 0 Å². The molecule has 4 rings (SSSR count). The van der Waals surface area contributed by atoms with Gasteiger partial charge in [-0.15, -0.1) is 0 Å². The number of nitriles is 1. The quantitative estimate of drug-likeness (QED) is 0.473. The second-order valence-electron chi connectivity index (χ2n) is 6.43. The first kappa shape index (κ1) is 17.7. The van der Waals surface area contributed by atoms with Gasteiger partial charge in [0.05, 0.1) is 28.2 Å². The van der Waals surface area contributed by atoms with E-state index >= 15 is 0 Å². The number of carboxylic acids is 1. The summed E-state index contributed by atoms with van der Waals surface area (Å²) in [5, 5.41) is 18.9. The zero-order valence-corrected chi connectivity index (χ0v) is 15.7. The van der Waals surface area contributed by atoms with Gasteiger partial charge in [0.25, 0.3) is 0 Å². The fourth-order valence-corrected chi connectivity index (χ4v) is 3.69. The second-order valence-corrected chi connectivity index (χ2v) is 6.82. The smallest absolute Gasteiger partial charge is 0.337 e. The largest absolute Gasteiger partial charge is 0.478 e. The van der Waals surface area contributed by atoms with Crippen LogP contribution in [0.1, 0.15) is 21.5 Å². The molecular formula is C22H15N3O2S. The van der Waals surface area contributed by atoms with E-state index in [4.69, 9.17) is 12.2 Å². The first-order valence-electron chi connectivity index (χ1n) is 8.59. The molecule has 0 saturated carbocycles. The third-order valence-electron chi connectivity index (χ3n) is 4.76. The van der Waals surface area contributed by atoms with E-state index in [0.717, 1.165) is 22.4 Å². The Kier molecular flexibility index (Phi) is 4.30. The van der Waals surface area contributed by atoms with Crippen LogP contribution in [-0.4, -0.2) is 20.6 Å². The molecule has 3 aromatic carbocycles. The number of benzene rings is 3. The number of hydrogen-bond donors (Lipinski definition) is 2. The Morgan fingerprint density at radius 2 is 1.82 bits per heavy atom. The molecule has 6 heteroatoms. The van der Waals surface area contributed by atoms with Crippen molar-refractivity contribution < 1.29 is 9.90 Å². The maximum Gasteiger partial charge on any atom is 0.337 e. The van der Waals surface area contributed by atoms with Crippen molar-refractivity contribution in [2.75, 3.05) is 0 Å². The van der Waals surface area contributed by atoms with Crippen LogP contribution in [-0.2, 0) is 0 Å². The van der Waals surface area contributed by atoms with E-state index in [0.29, 0.717) is 21.4 Å². The van der Waals surface area contributed by atoms with Gasteiger partial charge in [-0.2, -0.15) is 5.26 Å². The van der Waals surface area contributed by atoms with Crippen LogP contribution in [0.15, 0.2) is 60.7 Å². The summed E-state index contributed by atoms with van der Waals surface area (Å²) in [6.45, 7) is 1.91. The van der Waals surface area contributed by atoms with Gasteiger partial charge in [0, 0.05) is 5.69 Å². The van der Waals surface area contributed by atoms with Crippen molar-refractivity contribution in [3.05, 3.63) is 82.1 Å². The van der Waals surface area contributed by atoms with Gasteiger partial charge in [-0.1, -0.05) is 36.4 Å². The van der Waals surface area contributed by atoms with E-state index in [1.807, 2.05) is 49.4 Å². The molecular weight excluding hydrogens is 370 g/mol. The predicted molar refractivity (Wildman–Crippen MR) is 110 cm³/mol. The fraction of sp³-hybridized carbons (Fsp3) is 0.0455. The number of aromatic nitrogens is 2. The maximum absolute atomic E-state index is 11.7. The summed E-state index contributed by atoms with van der Waals surface area (Å²) in [5.41, 5.74) is 5.47. The third-order valence-corrected chi connectivity index (χ3v) is 5.04. The van der Waals surface area contributed by atoms with Crippen molar-refractivity contribution in [3.8, 4) is 22.9 Å². The summed E-state index contributed by atoms with van der Waals surface area (Å²) in [7, 11) is 0. The second kappa shape index (κ2) is 6.80. The number of carboxylic acid groups (broad SMARTS) is 1. The first-order chi connectivity index (χ1) is 13.5. The number of H-pyrrole nitrogens is 1. The molecule has 0 spiro atoms. The molecule has 0 bridgehead atoms. The summed E-state index contributed by atoms with van der Waals surface area (Å²) >= 11 is 5.48. The number of aryl methyl sites for hydroxylation is 1. The monoisotopic (exact) mass is 385 g/mol. The van der Waals surface area contributed by atoms with Gasteiger partial charge in [0.15, 0.2) is 4.77 Å². The highest BCUT2D eigenvalue weighted by Gasteiger charge is 2.17. The van der Waals surface area contributed by atoms with Crippen molar-refractivity contribution in [2.45, 2.75) is 6.92 Å². The highest BCUT2D eigenvalue weighted by molar-refractivity contribution is 7.71. The molecule has 4 aromatic rings. The minimum absolute atomic E-state index is 0.187. The van der Waals surface area contributed by atoms with Gasteiger partial charge in [-0.25, -0.2) is 4.79 Å². The van der Waals surface area contributed by atoms with Crippen LogP contribution in [0.2, 0.25) is 0 Å². The van der Waals surface area contributed by atoms with Crippen molar-refractivity contribution >= 4 is 29.2 Å². The van der Waals surface area contributed by atoms with Gasteiger partial charge >= 0.3 is 5.97 Å². The Morgan fingerprint density at radius 3 is 2.50 bits per heavy atom. The van der Waals surface area contributed by atoms with E-state index in [1.54, 1.807) is 22.8 Å².